The lowest BCUT2D eigenvalue weighted by molar-refractivity contribution is 0.0657. The third-order valence-corrected chi connectivity index (χ3v) is 3.76. The van der Waals surface area contributed by atoms with E-state index < -0.39 is 0 Å². The second-order valence-corrected chi connectivity index (χ2v) is 5.21. The van der Waals surface area contributed by atoms with E-state index in [1.165, 1.54) is 0 Å². The summed E-state index contributed by atoms with van der Waals surface area (Å²) in [4.78, 5) is 18.5. The van der Waals surface area contributed by atoms with E-state index in [1.54, 1.807) is 25.4 Å². The number of hydrogen-bond acceptors (Lipinski definition) is 4. The first-order valence-corrected chi connectivity index (χ1v) is 7.14. The molecule has 1 aliphatic heterocycles. The average Bonchev–Trinajstić information content (AvgIpc) is 2.52. The van der Waals surface area contributed by atoms with Crippen molar-refractivity contribution < 1.29 is 14.6 Å². The maximum atomic E-state index is 12.4. The van der Waals surface area contributed by atoms with Crippen molar-refractivity contribution in [3.63, 3.8) is 0 Å². The number of pyridine rings is 1. The minimum Gasteiger partial charge on any atom is -0.497 e. The average molecular weight is 278 g/mol. The number of nitrogens with zero attached hydrogens (tertiary/aromatic N) is 2. The van der Waals surface area contributed by atoms with Gasteiger partial charge in [-0.3, -0.25) is 9.78 Å². The van der Waals surface area contributed by atoms with Gasteiger partial charge in [0.1, 0.15) is 11.4 Å². The first-order valence-electron chi connectivity index (χ1n) is 7.14. The van der Waals surface area contributed by atoms with Crippen LogP contribution >= 0.6 is 0 Å². The van der Waals surface area contributed by atoms with Crippen molar-refractivity contribution in [1.29, 1.82) is 0 Å². The van der Waals surface area contributed by atoms with E-state index >= 15 is 0 Å². The monoisotopic (exact) mass is 278 g/mol. The topological polar surface area (TPSA) is 62.7 Å². The van der Waals surface area contributed by atoms with Crippen molar-refractivity contribution >= 4 is 5.91 Å². The molecule has 1 aliphatic rings. The van der Waals surface area contributed by atoms with Crippen molar-refractivity contribution in [1.82, 2.24) is 9.88 Å². The van der Waals surface area contributed by atoms with E-state index in [4.69, 9.17) is 9.84 Å². The number of carbonyl (C=O) groups excluding carboxylic acids is 1. The van der Waals surface area contributed by atoms with Crippen molar-refractivity contribution in [3.8, 4) is 5.75 Å². The summed E-state index contributed by atoms with van der Waals surface area (Å²) in [5.41, 5.74) is 0.437. The summed E-state index contributed by atoms with van der Waals surface area (Å²) in [6, 6.07) is 3.41. The maximum Gasteiger partial charge on any atom is 0.272 e. The number of aliphatic hydroxyl groups excluding tert-OH is 1. The highest BCUT2D eigenvalue weighted by atomic mass is 16.5. The van der Waals surface area contributed by atoms with Crippen LogP contribution in [0, 0.1) is 5.92 Å². The van der Waals surface area contributed by atoms with Gasteiger partial charge in [0.25, 0.3) is 5.91 Å². The van der Waals surface area contributed by atoms with Crippen molar-refractivity contribution in [2.24, 2.45) is 5.92 Å². The molecular weight excluding hydrogens is 256 g/mol. The van der Waals surface area contributed by atoms with Gasteiger partial charge in [-0.15, -0.1) is 0 Å². The van der Waals surface area contributed by atoms with Crippen LogP contribution in [0.25, 0.3) is 0 Å². The number of likely N-dealkylation sites (tertiary alicyclic amines) is 1. The molecule has 1 unspecified atom stereocenters. The van der Waals surface area contributed by atoms with E-state index in [1.807, 2.05) is 4.90 Å². The molecule has 5 heteroatoms. The van der Waals surface area contributed by atoms with Gasteiger partial charge in [0.15, 0.2) is 0 Å². The van der Waals surface area contributed by atoms with Crippen LogP contribution < -0.4 is 4.74 Å². The van der Waals surface area contributed by atoms with Crippen LogP contribution in [-0.4, -0.2) is 47.7 Å². The summed E-state index contributed by atoms with van der Waals surface area (Å²) in [5.74, 6) is 1.11. The van der Waals surface area contributed by atoms with Gasteiger partial charge >= 0.3 is 0 Å². The number of amides is 1. The van der Waals surface area contributed by atoms with Crippen LogP contribution in [0.15, 0.2) is 18.3 Å². The lowest BCUT2D eigenvalue weighted by atomic mass is 9.93. The molecule has 0 aliphatic carbocycles. The highest BCUT2D eigenvalue weighted by molar-refractivity contribution is 5.92. The molecule has 1 amide bonds. The molecule has 1 atom stereocenters. The summed E-state index contributed by atoms with van der Waals surface area (Å²) in [6.07, 6.45) is 5.54. The number of piperidine rings is 1. The quantitative estimate of drug-likeness (QED) is 0.890. The third kappa shape index (κ3) is 3.70. The van der Waals surface area contributed by atoms with Crippen molar-refractivity contribution in [3.05, 3.63) is 24.0 Å². The predicted octanol–water partition coefficient (Wildman–Crippen LogP) is 1.71. The smallest absolute Gasteiger partial charge is 0.272 e. The number of carbonyl (C=O) groups is 1. The van der Waals surface area contributed by atoms with Gasteiger partial charge < -0.3 is 14.7 Å². The van der Waals surface area contributed by atoms with Crippen molar-refractivity contribution in [2.75, 3.05) is 26.8 Å². The van der Waals surface area contributed by atoms with Gasteiger partial charge in [-0.25, -0.2) is 0 Å². The summed E-state index contributed by atoms with van der Waals surface area (Å²) < 4.78 is 5.13. The molecule has 20 heavy (non-hydrogen) atoms. The van der Waals surface area contributed by atoms with Crippen LogP contribution in [0.3, 0.4) is 0 Å². The molecule has 0 bridgehead atoms. The number of hydrogen-bond donors (Lipinski definition) is 1. The summed E-state index contributed by atoms with van der Waals surface area (Å²) in [5, 5.41) is 8.90. The van der Waals surface area contributed by atoms with Gasteiger partial charge in [-0.1, -0.05) is 0 Å². The minimum absolute atomic E-state index is 0.0300. The fourth-order valence-electron chi connectivity index (χ4n) is 2.68. The summed E-state index contributed by atoms with van der Waals surface area (Å²) >= 11 is 0. The number of rotatable bonds is 5. The SMILES string of the molecule is COc1ccnc(C(=O)N2CCCC(CCCO)C2)c1. The van der Waals surface area contributed by atoms with Gasteiger partial charge in [0.05, 0.1) is 7.11 Å². The third-order valence-electron chi connectivity index (χ3n) is 3.76. The van der Waals surface area contributed by atoms with Gasteiger partial charge in [-0.05, 0) is 37.7 Å². The Morgan fingerprint density at radius 3 is 3.20 bits per heavy atom. The zero-order valence-corrected chi connectivity index (χ0v) is 11.9. The molecule has 0 spiro atoms. The van der Waals surface area contributed by atoms with E-state index in [-0.39, 0.29) is 12.5 Å². The van der Waals surface area contributed by atoms with E-state index in [2.05, 4.69) is 4.98 Å². The Labute approximate surface area is 119 Å². The van der Waals surface area contributed by atoms with Crippen LogP contribution in [0.1, 0.15) is 36.2 Å². The van der Waals surface area contributed by atoms with E-state index in [0.29, 0.717) is 17.4 Å². The number of methoxy groups -OCH3 is 1. The Morgan fingerprint density at radius 2 is 2.45 bits per heavy atom. The first kappa shape index (κ1) is 14.8. The van der Waals surface area contributed by atoms with Gasteiger partial charge in [0, 0.05) is 32.0 Å². The minimum atomic E-state index is -0.0300. The largest absolute Gasteiger partial charge is 0.497 e. The summed E-state index contributed by atoms with van der Waals surface area (Å²) in [7, 11) is 1.58. The molecule has 5 nitrogen and oxygen atoms in total. The molecule has 2 heterocycles. The lowest BCUT2D eigenvalue weighted by Gasteiger charge is -2.32. The van der Waals surface area contributed by atoms with Crippen LogP contribution in [-0.2, 0) is 0 Å². The Morgan fingerprint density at radius 1 is 1.60 bits per heavy atom. The Kier molecular flexibility index (Phi) is 5.35. The van der Waals surface area contributed by atoms with Gasteiger partial charge in [-0.2, -0.15) is 0 Å². The Hall–Kier alpha value is -1.62. The van der Waals surface area contributed by atoms with Crippen LogP contribution in [0.4, 0.5) is 0 Å². The molecule has 2 rings (SSSR count). The predicted molar refractivity (Wildman–Crippen MR) is 75.7 cm³/mol. The van der Waals surface area contributed by atoms with Crippen LogP contribution in [0.2, 0.25) is 0 Å². The first-order chi connectivity index (χ1) is 9.74. The molecule has 1 N–H and O–H groups in total. The standard InChI is InChI=1S/C15H22N2O3/c1-20-13-6-7-16-14(10-13)15(19)17-8-2-4-12(11-17)5-3-9-18/h6-7,10,12,18H,2-5,8-9,11H2,1H3. The van der Waals surface area contributed by atoms with Crippen LogP contribution in [0.5, 0.6) is 5.75 Å². The molecule has 1 aromatic heterocycles. The zero-order valence-electron chi connectivity index (χ0n) is 11.9. The molecule has 1 aromatic rings. The Bertz CT molecular complexity index is 450. The fraction of sp³-hybridized carbons (Fsp3) is 0.600. The highest BCUT2D eigenvalue weighted by Crippen LogP contribution is 2.22. The highest BCUT2D eigenvalue weighted by Gasteiger charge is 2.25. The maximum absolute atomic E-state index is 12.4. The number of ether oxygens (including phenoxy) is 1. The van der Waals surface area contributed by atoms with Gasteiger partial charge in [0.2, 0.25) is 0 Å². The zero-order chi connectivity index (χ0) is 14.4. The second kappa shape index (κ2) is 7.24. The molecule has 1 saturated heterocycles. The summed E-state index contributed by atoms with van der Waals surface area (Å²) in [6.45, 7) is 1.77. The second-order valence-electron chi connectivity index (χ2n) is 5.21. The number of aliphatic hydroxyl groups is 1. The van der Waals surface area contributed by atoms with Crippen molar-refractivity contribution in [2.45, 2.75) is 25.7 Å². The Balaban J connectivity index is 2.00. The molecule has 0 radical (unpaired) electrons. The van der Waals surface area contributed by atoms with E-state index in [0.717, 1.165) is 38.8 Å². The molecule has 0 saturated carbocycles. The van der Waals surface area contributed by atoms with E-state index in [9.17, 15) is 4.79 Å². The lowest BCUT2D eigenvalue weighted by Crippen LogP contribution is -2.40. The normalized spacial score (nSPS) is 18.9. The molecule has 110 valence electrons. The fourth-order valence-corrected chi connectivity index (χ4v) is 2.68. The molecule has 1 fully saturated rings. The number of aromatic nitrogens is 1. The molecular formula is C15H22N2O3. The molecule has 0 aromatic carbocycles.